The predicted octanol–water partition coefficient (Wildman–Crippen LogP) is 2.25. The van der Waals surface area contributed by atoms with Crippen molar-refractivity contribution in [2.45, 2.75) is 32.2 Å². The van der Waals surface area contributed by atoms with Crippen LogP contribution in [0.5, 0.6) is 5.75 Å². The van der Waals surface area contributed by atoms with Crippen LogP contribution in [0.25, 0.3) is 0 Å². The molecule has 1 aliphatic rings. The molecule has 1 aromatic rings. The van der Waals surface area contributed by atoms with Crippen LogP contribution in [0.15, 0.2) is 18.2 Å². The molecule has 1 atom stereocenters. The highest BCUT2D eigenvalue weighted by Crippen LogP contribution is 2.26. The van der Waals surface area contributed by atoms with Gasteiger partial charge in [-0.2, -0.15) is 0 Å². The molecule has 2 N–H and O–H groups in total. The molecule has 0 saturated carbocycles. The van der Waals surface area contributed by atoms with Crippen molar-refractivity contribution in [3.63, 3.8) is 0 Å². The van der Waals surface area contributed by atoms with Crippen molar-refractivity contribution in [3.8, 4) is 5.75 Å². The van der Waals surface area contributed by atoms with Gasteiger partial charge < -0.3 is 20.3 Å². The molecule has 1 heterocycles. The molecule has 0 spiro atoms. The van der Waals surface area contributed by atoms with Crippen molar-refractivity contribution in [2.75, 3.05) is 45.2 Å². The smallest absolute Gasteiger partial charge is 0.122 e. The first-order chi connectivity index (χ1) is 10.1. The predicted molar refractivity (Wildman–Crippen MR) is 89.3 cm³/mol. The molecular formula is C17H29N3O. The van der Waals surface area contributed by atoms with Gasteiger partial charge in [0.25, 0.3) is 0 Å². The number of rotatable bonds is 6. The van der Waals surface area contributed by atoms with Gasteiger partial charge in [0.1, 0.15) is 5.75 Å². The van der Waals surface area contributed by atoms with Gasteiger partial charge in [0.15, 0.2) is 0 Å². The average Bonchev–Trinajstić information content (AvgIpc) is 2.44. The van der Waals surface area contributed by atoms with Gasteiger partial charge in [0, 0.05) is 31.4 Å². The summed E-state index contributed by atoms with van der Waals surface area (Å²) in [5, 5.41) is 0. The number of hydrogen-bond donors (Lipinski definition) is 1. The first-order valence-electron chi connectivity index (χ1n) is 7.95. The Hall–Kier alpha value is -1.26. The lowest BCUT2D eigenvalue weighted by molar-refractivity contribution is 0.280. The quantitative estimate of drug-likeness (QED) is 0.816. The molecule has 0 amide bonds. The zero-order chi connectivity index (χ0) is 15.2. The molecule has 1 saturated heterocycles. The standard InChI is InChI=1S/C17H29N3O/c1-14-12-16(20-10-4-6-15(18)13-20)7-8-17(14)21-11-5-9-19(2)3/h7-8,12,15H,4-6,9-11,13,18H2,1-3H3. The first kappa shape index (κ1) is 16.1. The zero-order valence-corrected chi connectivity index (χ0v) is 13.6. The number of piperidine rings is 1. The van der Waals surface area contributed by atoms with E-state index in [0.29, 0.717) is 6.04 Å². The number of hydrogen-bond acceptors (Lipinski definition) is 4. The molecule has 118 valence electrons. The maximum Gasteiger partial charge on any atom is 0.122 e. The van der Waals surface area contributed by atoms with Crippen LogP contribution in [0.3, 0.4) is 0 Å². The van der Waals surface area contributed by atoms with E-state index >= 15 is 0 Å². The van der Waals surface area contributed by atoms with E-state index in [-0.39, 0.29) is 0 Å². The minimum atomic E-state index is 0.306. The van der Waals surface area contributed by atoms with Crippen LogP contribution in [-0.2, 0) is 0 Å². The van der Waals surface area contributed by atoms with E-state index in [4.69, 9.17) is 10.5 Å². The lowest BCUT2D eigenvalue weighted by Gasteiger charge is -2.33. The van der Waals surface area contributed by atoms with Crippen molar-refractivity contribution in [3.05, 3.63) is 23.8 Å². The molecule has 0 radical (unpaired) electrons. The number of anilines is 1. The third-order valence-corrected chi connectivity index (χ3v) is 3.99. The summed E-state index contributed by atoms with van der Waals surface area (Å²) >= 11 is 0. The first-order valence-corrected chi connectivity index (χ1v) is 7.95. The summed E-state index contributed by atoms with van der Waals surface area (Å²) in [5.74, 6) is 0.999. The highest BCUT2D eigenvalue weighted by atomic mass is 16.5. The zero-order valence-electron chi connectivity index (χ0n) is 13.6. The fourth-order valence-corrected chi connectivity index (χ4v) is 2.80. The third-order valence-electron chi connectivity index (χ3n) is 3.99. The minimum absolute atomic E-state index is 0.306. The summed E-state index contributed by atoms with van der Waals surface area (Å²) in [5.41, 5.74) is 8.54. The van der Waals surface area contributed by atoms with Crippen LogP contribution in [0.2, 0.25) is 0 Å². The molecule has 0 bridgehead atoms. The van der Waals surface area contributed by atoms with Crippen LogP contribution in [0, 0.1) is 6.92 Å². The molecule has 0 aliphatic carbocycles. The maximum atomic E-state index is 6.07. The Labute approximate surface area is 128 Å². The monoisotopic (exact) mass is 291 g/mol. The number of nitrogens with two attached hydrogens (primary N) is 1. The topological polar surface area (TPSA) is 41.7 Å². The van der Waals surface area contributed by atoms with Gasteiger partial charge >= 0.3 is 0 Å². The van der Waals surface area contributed by atoms with E-state index in [1.165, 1.54) is 17.7 Å². The Morgan fingerprint density at radius 3 is 2.86 bits per heavy atom. The number of aryl methyl sites for hydroxylation is 1. The lowest BCUT2D eigenvalue weighted by atomic mass is 10.1. The van der Waals surface area contributed by atoms with Crippen LogP contribution >= 0.6 is 0 Å². The Morgan fingerprint density at radius 1 is 1.38 bits per heavy atom. The molecular weight excluding hydrogens is 262 g/mol. The Morgan fingerprint density at radius 2 is 2.19 bits per heavy atom. The Bertz CT molecular complexity index is 448. The molecule has 1 aromatic carbocycles. The average molecular weight is 291 g/mol. The lowest BCUT2D eigenvalue weighted by Crippen LogP contribution is -2.42. The van der Waals surface area contributed by atoms with E-state index in [0.717, 1.165) is 44.8 Å². The molecule has 21 heavy (non-hydrogen) atoms. The van der Waals surface area contributed by atoms with E-state index < -0.39 is 0 Å². The molecule has 1 aliphatic heterocycles. The molecule has 4 nitrogen and oxygen atoms in total. The molecule has 1 unspecified atom stereocenters. The van der Waals surface area contributed by atoms with Crippen LogP contribution in [-0.4, -0.2) is 51.3 Å². The Kier molecular flexibility index (Phi) is 5.88. The molecule has 4 heteroatoms. The minimum Gasteiger partial charge on any atom is -0.493 e. The molecule has 1 fully saturated rings. The van der Waals surface area contributed by atoms with E-state index in [9.17, 15) is 0 Å². The van der Waals surface area contributed by atoms with Gasteiger partial charge in [0.2, 0.25) is 0 Å². The molecule has 0 aromatic heterocycles. The highest BCUT2D eigenvalue weighted by Gasteiger charge is 2.17. The normalized spacial score (nSPS) is 19.1. The number of nitrogens with zero attached hydrogens (tertiary/aromatic N) is 2. The second kappa shape index (κ2) is 7.66. The van der Waals surface area contributed by atoms with E-state index in [1.807, 2.05) is 0 Å². The number of benzene rings is 1. The largest absolute Gasteiger partial charge is 0.493 e. The summed E-state index contributed by atoms with van der Waals surface area (Å²) < 4.78 is 5.88. The third kappa shape index (κ3) is 4.90. The van der Waals surface area contributed by atoms with Gasteiger partial charge in [-0.05, 0) is 64.0 Å². The summed E-state index contributed by atoms with van der Waals surface area (Å²) in [6.07, 6.45) is 3.38. The van der Waals surface area contributed by atoms with Crippen molar-refractivity contribution < 1.29 is 4.74 Å². The van der Waals surface area contributed by atoms with E-state index in [1.54, 1.807) is 0 Å². The van der Waals surface area contributed by atoms with Gasteiger partial charge in [-0.3, -0.25) is 0 Å². The maximum absolute atomic E-state index is 6.07. The van der Waals surface area contributed by atoms with E-state index in [2.05, 4.69) is 49.0 Å². The van der Waals surface area contributed by atoms with Gasteiger partial charge in [-0.1, -0.05) is 0 Å². The second-order valence-electron chi connectivity index (χ2n) is 6.30. The van der Waals surface area contributed by atoms with Crippen LogP contribution < -0.4 is 15.4 Å². The van der Waals surface area contributed by atoms with Gasteiger partial charge in [-0.25, -0.2) is 0 Å². The van der Waals surface area contributed by atoms with Crippen molar-refractivity contribution in [1.29, 1.82) is 0 Å². The number of ether oxygens (including phenoxy) is 1. The van der Waals surface area contributed by atoms with Gasteiger partial charge in [0.05, 0.1) is 6.61 Å². The van der Waals surface area contributed by atoms with Crippen molar-refractivity contribution in [2.24, 2.45) is 5.73 Å². The molecule has 2 rings (SSSR count). The van der Waals surface area contributed by atoms with Crippen molar-refractivity contribution >= 4 is 5.69 Å². The summed E-state index contributed by atoms with van der Waals surface area (Å²) in [6, 6.07) is 6.78. The van der Waals surface area contributed by atoms with Crippen LogP contribution in [0.1, 0.15) is 24.8 Å². The van der Waals surface area contributed by atoms with Crippen LogP contribution in [0.4, 0.5) is 5.69 Å². The highest BCUT2D eigenvalue weighted by molar-refractivity contribution is 5.53. The van der Waals surface area contributed by atoms with Gasteiger partial charge in [-0.15, -0.1) is 0 Å². The Balaban J connectivity index is 1.91. The summed E-state index contributed by atoms with van der Waals surface area (Å²) in [6.45, 7) is 6.02. The summed E-state index contributed by atoms with van der Waals surface area (Å²) in [7, 11) is 4.17. The SMILES string of the molecule is Cc1cc(N2CCCC(N)C2)ccc1OCCCN(C)C. The second-order valence-corrected chi connectivity index (χ2v) is 6.30. The fraction of sp³-hybridized carbons (Fsp3) is 0.647. The summed E-state index contributed by atoms with van der Waals surface area (Å²) in [4.78, 5) is 4.57. The fourth-order valence-electron chi connectivity index (χ4n) is 2.80. The van der Waals surface area contributed by atoms with Crippen molar-refractivity contribution in [1.82, 2.24) is 4.90 Å².